The molecule has 0 fully saturated rings. The molecule has 0 aromatic carbocycles. The number of rotatable bonds is 7. The van der Waals surface area contributed by atoms with Crippen LogP contribution in [0, 0.1) is 0 Å². The second-order valence-electron chi connectivity index (χ2n) is 3.14. The lowest BCUT2D eigenvalue weighted by Gasteiger charge is -2.24. The topological polar surface area (TPSA) is 118 Å². The lowest BCUT2D eigenvalue weighted by molar-refractivity contribution is -0.146. The molecule has 0 aromatic rings. The van der Waals surface area contributed by atoms with Crippen LogP contribution in [-0.4, -0.2) is 62.3 Å². The number of aliphatic hydroxyl groups excluding tert-OH is 5. The molecule has 88 valence electrons. The molecule has 0 aliphatic heterocycles. The summed E-state index contributed by atoms with van der Waals surface area (Å²) >= 11 is 0. The standard InChI is InChI=1S/C9H16O6/c1-2-3-5(11)7(13)9(15)8(14)6(12)4-10/h2,6-10,12-15H,1,3-4H2/t6-,7+,8+,9-/m1/s1. The molecule has 0 unspecified atom stereocenters. The number of aliphatic hydroxyl groups is 5. The second-order valence-corrected chi connectivity index (χ2v) is 3.14. The Morgan fingerprint density at radius 3 is 2.13 bits per heavy atom. The summed E-state index contributed by atoms with van der Waals surface area (Å²) in [4.78, 5) is 11.1. The van der Waals surface area contributed by atoms with E-state index >= 15 is 0 Å². The van der Waals surface area contributed by atoms with Crippen LogP contribution in [0.1, 0.15) is 6.42 Å². The van der Waals surface area contributed by atoms with Crippen molar-refractivity contribution in [3.8, 4) is 0 Å². The number of ketones is 1. The van der Waals surface area contributed by atoms with E-state index in [0.717, 1.165) is 0 Å². The summed E-state index contributed by atoms with van der Waals surface area (Å²) in [5.74, 6) is -0.721. The maximum absolute atomic E-state index is 11.1. The third kappa shape index (κ3) is 4.06. The van der Waals surface area contributed by atoms with Crippen molar-refractivity contribution in [2.75, 3.05) is 6.61 Å². The van der Waals surface area contributed by atoms with Crippen LogP contribution in [0.3, 0.4) is 0 Å². The van der Waals surface area contributed by atoms with Crippen LogP contribution in [0.5, 0.6) is 0 Å². The van der Waals surface area contributed by atoms with E-state index in [1.165, 1.54) is 6.08 Å². The van der Waals surface area contributed by atoms with E-state index in [2.05, 4.69) is 6.58 Å². The fourth-order valence-electron chi connectivity index (χ4n) is 0.976. The Balaban J connectivity index is 4.35. The SMILES string of the molecule is C=CCC(=O)[C@H](O)[C@@H](O)[C@@H](O)[C@H](O)CO. The molecule has 0 heterocycles. The molecule has 0 radical (unpaired) electrons. The first-order valence-electron chi connectivity index (χ1n) is 4.42. The zero-order chi connectivity index (χ0) is 12.0. The summed E-state index contributed by atoms with van der Waals surface area (Å²) in [7, 11) is 0. The lowest BCUT2D eigenvalue weighted by atomic mass is 9.99. The van der Waals surface area contributed by atoms with Crippen molar-refractivity contribution in [3.05, 3.63) is 12.7 Å². The van der Waals surface area contributed by atoms with Crippen molar-refractivity contribution < 1.29 is 30.3 Å². The van der Waals surface area contributed by atoms with E-state index in [9.17, 15) is 20.1 Å². The molecule has 0 amide bonds. The Labute approximate surface area is 87.1 Å². The zero-order valence-corrected chi connectivity index (χ0v) is 8.15. The summed E-state index contributed by atoms with van der Waals surface area (Å²) in [5.41, 5.74) is 0. The number of carbonyl (C=O) groups excluding carboxylic acids is 1. The van der Waals surface area contributed by atoms with Crippen molar-refractivity contribution >= 4 is 5.78 Å². The molecule has 15 heavy (non-hydrogen) atoms. The highest BCUT2D eigenvalue weighted by molar-refractivity contribution is 5.84. The zero-order valence-electron chi connectivity index (χ0n) is 8.15. The van der Waals surface area contributed by atoms with Crippen LogP contribution >= 0.6 is 0 Å². The third-order valence-electron chi connectivity index (χ3n) is 1.93. The Hall–Kier alpha value is -0.790. The molecular formula is C9H16O6. The molecule has 0 spiro atoms. The predicted octanol–water partition coefficient (Wildman–Crippen LogP) is -2.43. The van der Waals surface area contributed by atoms with E-state index in [1.54, 1.807) is 0 Å². The van der Waals surface area contributed by atoms with Gasteiger partial charge in [0.25, 0.3) is 0 Å². The molecule has 6 nitrogen and oxygen atoms in total. The van der Waals surface area contributed by atoms with Crippen LogP contribution in [0.2, 0.25) is 0 Å². The number of Topliss-reactive ketones (excluding diaryl/α,β-unsaturated/α-hetero) is 1. The Morgan fingerprint density at radius 1 is 1.20 bits per heavy atom. The van der Waals surface area contributed by atoms with Gasteiger partial charge in [-0.2, -0.15) is 0 Å². The van der Waals surface area contributed by atoms with Gasteiger partial charge in [-0.05, 0) is 0 Å². The molecule has 0 aliphatic rings. The number of allylic oxidation sites excluding steroid dienone is 1. The van der Waals surface area contributed by atoms with Crippen molar-refractivity contribution in [2.45, 2.75) is 30.8 Å². The smallest absolute Gasteiger partial charge is 0.167 e. The van der Waals surface area contributed by atoms with Gasteiger partial charge in [-0.25, -0.2) is 0 Å². The maximum Gasteiger partial charge on any atom is 0.167 e. The molecule has 0 rings (SSSR count). The van der Waals surface area contributed by atoms with E-state index < -0.39 is 36.8 Å². The minimum Gasteiger partial charge on any atom is -0.394 e. The molecule has 0 bridgehead atoms. The fourth-order valence-corrected chi connectivity index (χ4v) is 0.976. The van der Waals surface area contributed by atoms with Crippen LogP contribution < -0.4 is 0 Å². The second kappa shape index (κ2) is 6.65. The van der Waals surface area contributed by atoms with Gasteiger partial charge >= 0.3 is 0 Å². The number of carbonyl (C=O) groups is 1. The summed E-state index contributed by atoms with van der Waals surface area (Å²) < 4.78 is 0. The van der Waals surface area contributed by atoms with Gasteiger partial charge in [0, 0.05) is 6.42 Å². The summed E-state index contributed by atoms with van der Waals surface area (Å²) in [6.45, 7) is 2.50. The first-order valence-corrected chi connectivity index (χ1v) is 4.42. The van der Waals surface area contributed by atoms with Gasteiger partial charge in [0.15, 0.2) is 5.78 Å². The molecule has 4 atom stereocenters. The summed E-state index contributed by atoms with van der Waals surface area (Å²) in [6.07, 6.45) is -5.93. The third-order valence-corrected chi connectivity index (χ3v) is 1.93. The van der Waals surface area contributed by atoms with Crippen LogP contribution in [-0.2, 0) is 4.79 Å². The summed E-state index contributed by atoms with van der Waals surface area (Å²) in [5, 5.41) is 45.1. The van der Waals surface area contributed by atoms with Gasteiger partial charge in [-0.1, -0.05) is 6.08 Å². The number of hydrogen-bond acceptors (Lipinski definition) is 6. The Bertz CT molecular complexity index is 217. The van der Waals surface area contributed by atoms with E-state index in [-0.39, 0.29) is 6.42 Å². The fraction of sp³-hybridized carbons (Fsp3) is 0.667. The van der Waals surface area contributed by atoms with Gasteiger partial charge in [-0.15, -0.1) is 6.58 Å². The predicted molar refractivity (Wildman–Crippen MR) is 50.9 cm³/mol. The average Bonchev–Trinajstić information content (AvgIpc) is 2.25. The Kier molecular flexibility index (Phi) is 6.30. The average molecular weight is 220 g/mol. The van der Waals surface area contributed by atoms with Crippen molar-refractivity contribution in [1.82, 2.24) is 0 Å². The first kappa shape index (κ1) is 14.2. The van der Waals surface area contributed by atoms with Gasteiger partial charge in [0.1, 0.15) is 24.4 Å². The quantitative estimate of drug-likeness (QED) is 0.304. The van der Waals surface area contributed by atoms with Gasteiger partial charge in [-0.3, -0.25) is 4.79 Å². The molecular weight excluding hydrogens is 204 g/mol. The van der Waals surface area contributed by atoms with Gasteiger partial charge in [0.2, 0.25) is 0 Å². The normalized spacial score (nSPS) is 19.0. The van der Waals surface area contributed by atoms with E-state index in [4.69, 9.17) is 10.2 Å². The maximum atomic E-state index is 11.1. The van der Waals surface area contributed by atoms with E-state index in [1.807, 2.05) is 0 Å². The summed E-state index contributed by atoms with van der Waals surface area (Å²) in [6, 6.07) is 0. The monoisotopic (exact) mass is 220 g/mol. The molecule has 6 heteroatoms. The van der Waals surface area contributed by atoms with Crippen LogP contribution in [0.15, 0.2) is 12.7 Å². The van der Waals surface area contributed by atoms with Gasteiger partial charge < -0.3 is 25.5 Å². The molecule has 0 saturated carbocycles. The molecule has 0 aromatic heterocycles. The van der Waals surface area contributed by atoms with Crippen LogP contribution in [0.4, 0.5) is 0 Å². The van der Waals surface area contributed by atoms with E-state index in [0.29, 0.717) is 0 Å². The number of hydrogen-bond donors (Lipinski definition) is 5. The van der Waals surface area contributed by atoms with Crippen molar-refractivity contribution in [1.29, 1.82) is 0 Å². The molecule has 5 N–H and O–H groups in total. The van der Waals surface area contributed by atoms with Gasteiger partial charge in [0.05, 0.1) is 6.61 Å². The van der Waals surface area contributed by atoms with Crippen molar-refractivity contribution in [3.63, 3.8) is 0 Å². The van der Waals surface area contributed by atoms with Crippen LogP contribution in [0.25, 0.3) is 0 Å². The minimum atomic E-state index is -1.83. The molecule has 0 saturated heterocycles. The lowest BCUT2D eigenvalue weighted by Crippen LogP contribution is -2.48. The highest BCUT2D eigenvalue weighted by atomic mass is 16.4. The van der Waals surface area contributed by atoms with Crippen molar-refractivity contribution in [2.24, 2.45) is 0 Å². The Morgan fingerprint density at radius 2 is 1.73 bits per heavy atom. The first-order chi connectivity index (χ1) is 6.95. The highest BCUT2D eigenvalue weighted by Crippen LogP contribution is 2.07. The highest BCUT2D eigenvalue weighted by Gasteiger charge is 2.33. The largest absolute Gasteiger partial charge is 0.394 e. The minimum absolute atomic E-state index is 0.153. The molecule has 0 aliphatic carbocycles.